The first kappa shape index (κ1) is 11.4. The first-order valence-corrected chi connectivity index (χ1v) is 7.03. The molecule has 2 nitrogen and oxygen atoms in total. The highest BCUT2D eigenvalue weighted by atomic mass is 127. The second kappa shape index (κ2) is 4.41. The fourth-order valence-electron chi connectivity index (χ4n) is 1.73. The molecule has 4 heteroatoms. The van der Waals surface area contributed by atoms with Crippen LogP contribution in [0.3, 0.4) is 0 Å². The van der Waals surface area contributed by atoms with Gasteiger partial charge >= 0.3 is 0 Å². The zero-order valence-electron chi connectivity index (χ0n) is 8.87. The molecule has 2 unspecified atom stereocenters. The summed E-state index contributed by atoms with van der Waals surface area (Å²) in [6.07, 6.45) is 1.28. The number of halogens is 1. The zero-order valence-corrected chi connectivity index (χ0v) is 11.8. The molecule has 1 saturated carbocycles. The molecule has 0 bridgehead atoms. The van der Waals surface area contributed by atoms with E-state index in [4.69, 9.17) is 0 Å². The van der Waals surface area contributed by atoms with Gasteiger partial charge in [0.05, 0.1) is 8.45 Å². The molecule has 0 N–H and O–H groups in total. The second-order valence-electron chi connectivity index (χ2n) is 4.30. The van der Waals surface area contributed by atoms with Gasteiger partial charge in [-0.2, -0.15) is 0 Å². The SMILES string of the molecule is CC1CC1CN(C)C(=O)c1csc(I)c1. The van der Waals surface area contributed by atoms with Crippen LogP contribution in [-0.2, 0) is 0 Å². The Kier molecular flexibility index (Phi) is 3.35. The maximum atomic E-state index is 12.0. The van der Waals surface area contributed by atoms with Crippen molar-refractivity contribution in [3.63, 3.8) is 0 Å². The Morgan fingerprint density at radius 1 is 1.73 bits per heavy atom. The average Bonchev–Trinajstić information content (AvgIpc) is 2.71. The van der Waals surface area contributed by atoms with Gasteiger partial charge in [-0.05, 0) is 46.9 Å². The lowest BCUT2D eigenvalue weighted by Crippen LogP contribution is -2.28. The van der Waals surface area contributed by atoms with E-state index in [0.717, 1.165) is 23.9 Å². The van der Waals surface area contributed by atoms with E-state index in [-0.39, 0.29) is 5.91 Å². The summed E-state index contributed by atoms with van der Waals surface area (Å²) in [4.78, 5) is 13.8. The number of hydrogen-bond donors (Lipinski definition) is 0. The summed E-state index contributed by atoms with van der Waals surface area (Å²) in [5.41, 5.74) is 0.834. The van der Waals surface area contributed by atoms with Gasteiger partial charge in [0.15, 0.2) is 0 Å². The molecule has 1 aromatic heterocycles. The lowest BCUT2D eigenvalue weighted by atomic mass is 10.2. The summed E-state index contributed by atoms with van der Waals surface area (Å²) >= 11 is 3.87. The Balaban J connectivity index is 1.95. The van der Waals surface area contributed by atoms with Gasteiger partial charge in [0.2, 0.25) is 0 Å². The molecule has 15 heavy (non-hydrogen) atoms. The van der Waals surface area contributed by atoms with Crippen LogP contribution in [0.4, 0.5) is 0 Å². The zero-order chi connectivity index (χ0) is 11.0. The fraction of sp³-hybridized carbons (Fsp3) is 0.545. The van der Waals surface area contributed by atoms with Crippen LogP contribution in [0.25, 0.3) is 0 Å². The molecule has 82 valence electrons. The topological polar surface area (TPSA) is 20.3 Å². The van der Waals surface area contributed by atoms with E-state index < -0.39 is 0 Å². The summed E-state index contributed by atoms with van der Waals surface area (Å²) in [6.45, 7) is 3.16. The molecular formula is C11H14INOS. The molecule has 0 aromatic carbocycles. The van der Waals surface area contributed by atoms with Crippen molar-refractivity contribution in [2.24, 2.45) is 11.8 Å². The summed E-state index contributed by atoms with van der Waals surface area (Å²) in [5, 5.41) is 1.94. The Hall–Kier alpha value is -0.100. The van der Waals surface area contributed by atoms with Gasteiger partial charge in [-0.1, -0.05) is 6.92 Å². The van der Waals surface area contributed by atoms with Crippen LogP contribution in [0.1, 0.15) is 23.7 Å². The predicted octanol–water partition coefficient (Wildman–Crippen LogP) is 3.08. The smallest absolute Gasteiger partial charge is 0.254 e. The van der Waals surface area contributed by atoms with Gasteiger partial charge in [-0.25, -0.2) is 0 Å². The Bertz CT molecular complexity index is 376. The number of amides is 1. The first-order valence-electron chi connectivity index (χ1n) is 5.07. The van der Waals surface area contributed by atoms with Crippen molar-refractivity contribution < 1.29 is 4.79 Å². The van der Waals surface area contributed by atoms with Crippen LogP contribution in [0.2, 0.25) is 0 Å². The van der Waals surface area contributed by atoms with Crippen LogP contribution in [0, 0.1) is 14.7 Å². The third-order valence-corrected chi connectivity index (χ3v) is 4.73. The van der Waals surface area contributed by atoms with E-state index in [1.165, 1.54) is 9.30 Å². The maximum absolute atomic E-state index is 12.0. The number of hydrogen-bond acceptors (Lipinski definition) is 2. The monoisotopic (exact) mass is 335 g/mol. The third kappa shape index (κ3) is 2.72. The van der Waals surface area contributed by atoms with Gasteiger partial charge in [0.1, 0.15) is 0 Å². The van der Waals surface area contributed by atoms with Gasteiger partial charge in [-0.15, -0.1) is 11.3 Å². The van der Waals surface area contributed by atoms with Crippen molar-refractivity contribution in [2.75, 3.05) is 13.6 Å². The molecule has 1 fully saturated rings. The molecule has 0 aliphatic heterocycles. The van der Waals surface area contributed by atoms with Crippen molar-refractivity contribution in [2.45, 2.75) is 13.3 Å². The Labute approximate surface area is 108 Å². The lowest BCUT2D eigenvalue weighted by molar-refractivity contribution is 0.0787. The first-order chi connectivity index (χ1) is 7.08. The van der Waals surface area contributed by atoms with Crippen molar-refractivity contribution >= 4 is 39.8 Å². The quantitative estimate of drug-likeness (QED) is 0.778. The molecule has 0 radical (unpaired) electrons. The minimum atomic E-state index is 0.160. The van der Waals surface area contributed by atoms with E-state index in [9.17, 15) is 4.79 Å². The summed E-state index contributed by atoms with van der Waals surface area (Å²) in [7, 11) is 1.90. The van der Waals surface area contributed by atoms with E-state index in [1.54, 1.807) is 11.3 Å². The van der Waals surface area contributed by atoms with Gasteiger partial charge in [0, 0.05) is 19.0 Å². The van der Waals surface area contributed by atoms with E-state index >= 15 is 0 Å². The summed E-state index contributed by atoms with van der Waals surface area (Å²) in [5.74, 6) is 1.70. The molecule has 1 aromatic rings. The minimum absolute atomic E-state index is 0.160. The highest BCUT2D eigenvalue weighted by Gasteiger charge is 2.34. The molecule has 0 saturated heterocycles. The normalized spacial score (nSPS) is 23.9. The summed E-state index contributed by atoms with van der Waals surface area (Å²) < 4.78 is 1.17. The van der Waals surface area contributed by atoms with Crippen LogP contribution in [-0.4, -0.2) is 24.4 Å². The second-order valence-corrected chi connectivity index (χ2v) is 7.10. The van der Waals surface area contributed by atoms with E-state index in [0.29, 0.717) is 0 Å². The molecule has 1 aliphatic rings. The molecule has 0 spiro atoms. The van der Waals surface area contributed by atoms with Crippen LogP contribution in [0.15, 0.2) is 11.4 Å². The number of nitrogens with zero attached hydrogens (tertiary/aromatic N) is 1. The highest BCUT2D eigenvalue weighted by molar-refractivity contribution is 14.1. The Morgan fingerprint density at radius 3 is 2.87 bits per heavy atom. The average molecular weight is 335 g/mol. The summed E-state index contributed by atoms with van der Waals surface area (Å²) in [6, 6.07) is 1.96. The standard InChI is InChI=1S/C11H14INOS/c1-7-3-8(7)5-13(2)11(14)9-4-10(12)15-6-9/h4,6-8H,3,5H2,1-2H3. The van der Waals surface area contributed by atoms with E-state index in [1.807, 2.05) is 23.4 Å². The maximum Gasteiger partial charge on any atom is 0.254 e. The van der Waals surface area contributed by atoms with Crippen molar-refractivity contribution in [1.29, 1.82) is 0 Å². The molecule has 2 rings (SSSR count). The van der Waals surface area contributed by atoms with Crippen LogP contribution in [0.5, 0.6) is 0 Å². The third-order valence-electron chi connectivity index (χ3n) is 2.95. The molecule has 1 amide bonds. The van der Waals surface area contributed by atoms with Crippen molar-refractivity contribution in [3.05, 3.63) is 19.9 Å². The molecule has 1 aliphatic carbocycles. The van der Waals surface area contributed by atoms with Gasteiger partial charge in [0.25, 0.3) is 5.91 Å². The lowest BCUT2D eigenvalue weighted by Gasteiger charge is -2.15. The Morgan fingerprint density at radius 2 is 2.40 bits per heavy atom. The molecule has 2 atom stereocenters. The minimum Gasteiger partial charge on any atom is -0.341 e. The van der Waals surface area contributed by atoms with Crippen LogP contribution < -0.4 is 0 Å². The number of thiophene rings is 1. The molecular weight excluding hydrogens is 321 g/mol. The predicted molar refractivity (Wildman–Crippen MR) is 71.3 cm³/mol. The molecule has 1 heterocycles. The van der Waals surface area contributed by atoms with Crippen molar-refractivity contribution in [3.8, 4) is 0 Å². The number of carbonyl (C=O) groups is 1. The fourth-order valence-corrected chi connectivity index (χ4v) is 3.05. The number of carbonyl (C=O) groups excluding carboxylic acids is 1. The van der Waals surface area contributed by atoms with E-state index in [2.05, 4.69) is 29.5 Å². The highest BCUT2D eigenvalue weighted by Crippen LogP contribution is 2.38. The number of rotatable bonds is 3. The van der Waals surface area contributed by atoms with Gasteiger partial charge in [-0.3, -0.25) is 4.79 Å². The largest absolute Gasteiger partial charge is 0.341 e. The van der Waals surface area contributed by atoms with Crippen LogP contribution >= 0.6 is 33.9 Å². The van der Waals surface area contributed by atoms with Crippen molar-refractivity contribution in [1.82, 2.24) is 4.90 Å². The van der Waals surface area contributed by atoms with Gasteiger partial charge < -0.3 is 4.90 Å².